The smallest absolute Gasteiger partial charge is 0.123 e. The van der Waals surface area contributed by atoms with Crippen LogP contribution in [0.3, 0.4) is 0 Å². The molecule has 0 aliphatic rings. The third-order valence-electron chi connectivity index (χ3n) is 1.97. The van der Waals surface area contributed by atoms with E-state index in [-0.39, 0.29) is 0 Å². The van der Waals surface area contributed by atoms with E-state index in [1.807, 2.05) is 19.1 Å². The van der Waals surface area contributed by atoms with Crippen LogP contribution in [0.5, 0.6) is 5.75 Å². The number of hydroxylamine groups is 1. The first-order valence-corrected chi connectivity index (χ1v) is 4.69. The molecule has 2 N–H and O–H groups in total. The van der Waals surface area contributed by atoms with Crippen molar-refractivity contribution in [3.05, 3.63) is 27.7 Å². The van der Waals surface area contributed by atoms with Crippen molar-refractivity contribution in [3.8, 4) is 5.75 Å². The third-order valence-corrected chi connectivity index (χ3v) is 2.82. The molecule has 0 aromatic heterocycles. The van der Waals surface area contributed by atoms with Gasteiger partial charge in [-0.05, 0) is 24.6 Å². The van der Waals surface area contributed by atoms with Gasteiger partial charge in [-0.15, -0.1) is 0 Å². The minimum Gasteiger partial charge on any atom is -0.496 e. The summed E-state index contributed by atoms with van der Waals surface area (Å²) in [5.41, 5.74) is 4.15. The lowest BCUT2D eigenvalue weighted by Crippen LogP contribution is -2.09. The molecule has 0 unspecified atom stereocenters. The van der Waals surface area contributed by atoms with Crippen LogP contribution in [0, 0.1) is 6.92 Å². The van der Waals surface area contributed by atoms with Crippen molar-refractivity contribution in [2.45, 2.75) is 13.5 Å². The highest BCUT2D eigenvalue weighted by Crippen LogP contribution is 2.27. The first-order valence-electron chi connectivity index (χ1n) is 3.89. The molecule has 0 radical (unpaired) electrons. The molecular formula is C9H12BrNO2. The molecule has 1 aromatic carbocycles. The van der Waals surface area contributed by atoms with Gasteiger partial charge in [-0.2, -0.15) is 0 Å². The zero-order valence-electron chi connectivity index (χ0n) is 7.60. The lowest BCUT2D eigenvalue weighted by molar-refractivity contribution is 0.160. The minimum absolute atomic E-state index is 0.383. The van der Waals surface area contributed by atoms with Crippen molar-refractivity contribution >= 4 is 15.9 Å². The predicted octanol–water partition coefficient (Wildman–Crippen LogP) is 2.24. The predicted molar refractivity (Wildman–Crippen MR) is 54.1 cm³/mol. The number of rotatable bonds is 3. The molecule has 0 bridgehead atoms. The van der Waals surface area contributed by atoms with Crippen LogP contribution in [0.25, 0.3) is 0 Å². The summed E-state index contributed by atoms with van der Waals surface area (Å²) < 4.78 is 6.17. The molecule has 0 spiro atoms. The van der Waals surface area contributed by atoms with Gasteiger partial charge in [0.25, 0.3) is 0 Å². The Hall–Kier alpha value is -0.580. The van der Waals surface area contributed by atoms with Gasteiger partial charge < -0.3 is 9.94 Å². The molecule has 0 amide bonds. The average molecular weight is 246 g/mol. The van der Waals surface area contributed by atoms with E-state index in [4.69, 9.17) is 9.94 Å². The Morgan fingerprint density at radius 1 is 1.54 bits per heavy atom. The molecule has 0 saturated heterocycles. The Balaban J connectivity index is 3.15. The van der Waals surface area contributed by atoms with E-state index in [1.165, 1.54) is 0 Å². The number of methoxy groups -OCH3 is 1. The summed E-state index contributed by atoms with van der Waals surface area (Å²) in [6.45, 7) is 2.35. The van der Waals surface area contributed by atoms with Crippen molar-refractivity contribution in [2.24, 2.45) is 0 Å². The van der Waals surface area contributed by atoms with Gasteiger partial charge in [-0.25, -0.2) is 5.48 Å². The normalized spacial score (nSPS) is 10.2. The van der Waals surface area contributed by atoms with Crippen LogP contribution in [0.1, 0.15) is 11.1 Å². The molecule has 13 heavy (non-hydrogen) atoms. The maximum Gasteiger partial charge on any atom is 0.123 e. The SMILES string of the molecule is COc1ccc(Br)c(C)c1CNO. The fourth-order valence-corrected chi connectivity index (χ4v) is 1.56. The van der Waals surface area contributed by atoms with E-state index in [1.54, 1.807) is 7.11 Å². The monoisotopic (exact) mass is 245 g/mol. The summed E-state index contributed by atoms with van der Waals surface area (Å²) in [6.07, 6.45) is 0. The van der Waals surface area contributed by atoms with Crippen molar-refractivity contribution in [3.63, 3.8) is 0 Å². The van der Waals surface area contributed by atoms with E-state index in [0.717, 1.165) is 21.3 Å². The Kier molecular flexibility index (Phi) is 3.71. The summed E-state index contributed by atoms with van der Waals surface area (Å²) in [7, 11) is 1.61. The highest BCUT2D eigenvalue weighted by molar-refractivity contribution is 9.10. The van der Waals surface area contributed by atoms with Crippen LogP contribution >= 0.6 is 15.9 Å². The zero-order chi connectivity index (χ0) is 9.84. The number of hydrogen-bond donors (Lipinski definition) is 2. The van der Waals surface area contributed by atoms with Crippen LogP contribution in [-0.4, -0.2) is 12.3 Å². The molecule has 1 aromatic rings. The summed E-state index contributed by atoms with van der Waals surface area (Å²) in [5.74, 6) is 0.780. The van der Waals surface area contributed by atoms with Crippen LogP contribution in [0.4, 0.5) is 0 Å². The van der Waals surface area contributed by atoms with Gasteiger partial charge in [0.15, 0.2) is 0 Å². The summed E-state index contributed by atoms with van der Waals surface area (Å²) in [5, 5.41) is 8.63. The first-order chi connectivity index (χ1) is 6.20. The molecule has 0 saturated carbocycles. The van der Waals surface area contributed by atoms with Gasteiger partial charge >= 0.3 is 0 Å². The molecule has 72 valence electrons. The molecule has 0 aliphatic heterocycles. The Bertz CT molecular complexity index is 302. The number of halogens is 1. The van der Waals surface area contributed by atoms with E-state index in [0.29, 0.717) is 6.54 Å². The Morgan fingerprint density at radius 2 is 2.23 bits per heavy atom. The molecule has 4 heteroatoms. The van der Waals surface area contributed by atoms with E-state index >= 15 is 0 Å². The maximum atomic E-state index is 8.63. The molecule has 3 nitrogen and oxygen atoms in total. The maximum absolute atomic E-state index is 8.63. The van der Waals surface area contributed by atoms with Crippen LogP contribution in [-0.2, 0) is 6.54 Å². The molecule has 0 atom stereocenters. The van der Waals surface area contributed by atoms with Crippen molar-refractivity contribution in [2.75, 3.05) is 7.11 Å². The molecule has 0 heterocycles. The standard InChI is InChI=1S/C9H12BrNO2/c1-6-7(5-11-12)9(13-2)4-3-8(6)10/h3-4,11-12H,5H2,1-2H3. The molecule has 1 rings (SSSR count). The van der Waals surface area contributed by atoms with Crippen molar-refractivity contribution < 1.29 is 9.94 Å². The highest BCUT2D eigenvalue weighted by Gasteiger charge is 2.08. The number of hydrogen-bond acceptors (Lipinski definition) is 3. The van der Waals surface area contributed by atoms with E-state index in [2.05, 4.69) is 21.4 Å². The van der Waals surface area contributed by atoms with Crippen LogP contribution in [0.2, 0.25) is 0 Å². The quantitative estimate of drug-likeness (QED) is 0.803. The van der Waals surface area contributed by atoms with E-state index < -0.39 is 0 Å². The number of benzene rings is 1. The highest BCUT2D eigenvalue weighted by atomic mass is 79.9. The second-order valence-electron chi connectivity index (χ2n) is 2.69. The third kappa shape index (κ3) is 2.21. The van der Waals surface area contributed by atoms with Gasteiger partial charge in [0.1, 0.15) is 5.75 Å². The largest absolute Gasteiger partial charge is 0.496 e. The molecule has 0 aliphatic carbocycles. The lowest BCUT2D eigenvalue weighted by atomic mass is 10.1. The van der Waals surface area contributed by atoms with Crippen LogP contribution < -0.4 is 10.2 Å². The zero-order valence-corrected chi connectivity index (χ0v) is 9.18. The second kappa shape index (κ2) is 4.60. The van der Waals surface area contributed by atoms with Gasteiger partial charge in [0, 0.05) is 16.6 Å². The minimum atomic E-state index is 0.383. The van der Waals surface area contributed by atoms with Crippen LogP contribution in [0.15, 0.2) is 16.6 Å². The number of nitrogens with one attached hydrogen (secondary N) is 1. The fraction of sp³-hybridized carbons (Fsp3) is 0.333. The summed E-state index contributed by atoms with van der Waals surface area (Å²) in [6, 6.07) is 3.79. The average Bonchev–Trinajstić information content (AvgIpc) is 2.14. The van der Waals surface area contributed by atoms with Crippen molar-refractivity contribution in [1.82, 2.24) is 5.48 Å². The van der Waals surface area contributed by atoms with Gasteiger partial charge in [0.05, 0.1) is 7.11 Å². The van der Waals surface area contributed by atoms with Gasteiger partial charge in [-0.1, -0.05) is 15.9 Å². The number of ether oxygens (including phenoxy) is 1. The first kappa shape index (κ1) is 10.5. The fourth-order valence-electron chi connectivity index (χ4n) is 1.19. The van der Waals surface area contributed by atoms with Crippen molar-refractivity contribution in [1.29, 1.82) is 0 Å². The lowest BCUT2D eigenvalue weighted by Gasteiger charge is -2.11. The topological polar surface area (TPSA) is 41.5 Å². The van der Waals surface area contributed by atoms with Gasteiger partial charge in [0.2, 0.25) is 0 Å². The Morgan fingerprint density at radius 3 is 2.77 bits per heavy atom. The summed E-state index contributed by atoms with van der Waals surface area (Å²) in [4.78, 5) is 0. The van der Waals surface area contributed by atoms with E-state index in [9.17, 15) is 0 Å². The van der Waals surface area contributed by atoms with Gasteiger partial charge in [-0.3, -0.25) is 0 Å². The molecular weight excluding hydrogens is 234 g/mol. The molecule has 0 fully saturated rings. The second-order valence-corrected chi connectivity index (χ2v) is 3.54. The Labute approximate surface area is 85.8 Å². The summed E-state index contributed by atoms with van der Waals surface area (Å²) >= 11 is 3.41.